The summed E-state index contributed by atoms with van der Waals surface area (Å²) in [5.74, 6) is -1.36. The Labute approximate surface area is 170 Å². The van der Waals surface area contributed by atoms with Crippen LogP contribution in [0.2, 0.25) is 5.02 Å². The van der Waals surface area contributed by atoms with E-state index in [4.69, 9.17) is 16.3 Å². The predicted molar refractivity (Wildman–Crippen MR) is 105 cm³/mol. The maximum Gasteiger partial charge on any atom is 0.342 e. The molecule has 3 rings (SSSR count). The highest BCUT2D eigenvalue weighted by atomic mass is 35.5. The van der Waals surface area contributed by atoms with Gasteiger partial charge >= 0.3 is 5.97 Å². The molecule has 29 heavy (non-hydrogen) atoms. The maximum absolute atomic E-state index is 12.3. The Hall–Kier alpha value is -3.72. The van der Waals surface area contributed by atoms with Crippen molar-refractivity contribution in [1.82, 2.24) is 9.78 Å². The van der Waals surface area contributed by atoms with Crippen LogP contribution in [0.3, 0.4) is 0 Å². The molecule has 148 valence electrons. The molecule has 0 saturated heterocycles. The van der Waals surface area contributed by atoms with E-state index in [2.05, 4.69) is 10.4 Å². The van der Waals surface area contributed by atoms with Crippen LogP contribution in [-0.2, 0) is 9.53 Å². The lowest BCUT2D eigenvalue weighted by Gasteiger charge is -2.07. The van der Waals surface area contributed by atoms with Gasteiger partial charge in [0.2, 0.25) is 0 Å². The number of esters is 1. The number of nitrogens with zero attached hydrogens (tertiary/aromatic N) is 3. The molecule has 10 heteroatoms. The molecule has 0 bridgehead atoms. The van der Waals surface area contributed by atoms with Crippen LogP contribution in [0.25, 0.3) is 5.69 Å². The van der Waals surface area contributed by atoms with Crippen LogP contribution in [0, 0.1) is 17.0 Å². The Morgan fingerprint density at radius 1 is 1.24 bits per heavy atom. The third-order valence-corrected chi connectivity index (χ3v) is 4.31. The summed E-state index contributed by atoms with van der Waals surface area (Å²) in [6.45, 7) is 1.15. The van der Waals surface area contributed by atoms with Crippen LogP contribution in [0.15, 0.2) is 54.7 Å². The fraction of sp³-hybridized carbons (Fsp3) is 0.105. The molecule has 9 nitrogen and oxygen atoms in total. The number of nitro benzene ring substituents is 1. The molecule has 0 fully saturated rings. The zero-order chi connectivity index (χ0) is 21.0. The molecule has 1 heterocycles. The first-order valence-corrected chi connectivity index (χ1v) is 8.75. The number of carbonyl (C=O) groups is 2. The molecule has 0 aliphatic heterocycles. The van der Waals surface area contributed by atoms with Gasteiger partial charge in [0.25, 0.3) is 11.6 Å². The van der Waals surface area contributed by atoms with Gasteiger partial charge in [-0.25, -0.2) is 9.48 Å². The monoisotopic (exact) mass is 414 g/mol. The zero-order valence-electron chi connectivity index (χ0n) is 15.2. The summed E-state index contributed by atoms with van der Waals surface area (Å²) in [6, 6.07) is 13.1. The minimum absolute atomic E-state index is 0.0506. The SMILES string of the molecule is Cc1c(C(=O)OCC(=O)Nc2ccc(Cl)c([N+](=O)[O-])c2)cnn1-c1ccccc1. The summed E-state index contributed by atoms with van der Waals surface area (Å²) >= 11 is 5.73. The average molecular weight is 415 g/mol. The molecule has 3 aromatic rings. The van der Waals surface area contributed by atoms with E-state index in [1.165, 1.54) is 18.3 Å². The third-order valence-electron chi connectivity index (χ3n) is 3.99. The molecule has 1 N–H and O–H groups in total. The van der Waals surface area contributed by atoms with E-state index in [9.17, 15) is 19.7 Å². The Balaban J connectivity index is 1.63. The first kappa shape index (κ1) is 20.0. The van der Waals surface area contributed by atoms with Gasteiger partial charge in [0.05, 0.1) is 22.5 Å². The van der Waals surface area contributed by atoms with E-state index in [1.54, 1.807) is 11.6 Å². The highest BCUT2D eigenvalue weighted by Crippen LogP contribution is 2.27. The van der Waals surface area contributed by atoms with Crippen LogP contribution < -0.4 is 5.32 Å². The smallest absolute Gasteiger partial charge is 0.342 e. The van der Waals surface area contributed by atoms with Gasteiger partial charge in [0.15, 0.2) is 6.61 Å². The lowest BCUT2D eigenvalue weighted by atomic mass is 10.2. The number of nitro groups is 1. The summed E-state index contributed by atoms with van der Waals surface area (Å²) in [7, 11) is 0. The number of rotatable bonds is 6. The van der Waals surface area contributed by atoms with E-state index in [0.717, 1.165) is 11.8 Å². The van der Waals surface area contributed by atoms with E-state index in [0.29, 0.717) is 5.69 Å². The standard InChI is InChI=1S/C19H15ClN4O5/c1-12-15(10-21-23(12)14-5-3-2-4-6-14)19(26)29-11-18(25)22-13-7-8-16(20)17(9-13)24(27)28/h2-10H,11H2,1H3,(H,22,25). The number of amides is 1. The number of para-hydroxylation sites is 1. The molecule has 0 spiro atoms. The Morgan fingerprint density at radius 3 is 2.66 bits per heavy atom. The van der Waals surface area contributed by atoms with E-state index < -0.39 is 23.4 Å². The first-order valence-electron chi connectivity index (χ1n) is 8.38. The molecule has 1 aromatic heterocycles. The highest BCUT2D eigenvalue weighted by molar-refractivity contribution is 6.32. The van der Waals surface area contributed by atoms with Gasteiger partial charge in [-0.05, 0) is 31.2 Å². The van der Waals surface area contributed by atoms with Crippen molar-refractivity contribution in [2.24, 2.45) is 0 Å². The first-order chi connectivity index (χ1) is 13.9. The van der Waals surface area contributed by atoms with Crippen molar-refractivity contribution in [2.75, 3.05) is 11.9 Å². The molecule has 0 aliphatic carbocycles. The van der Waals surface area contributed by atoms with Crippen molar-refractivity contribution in [3.63, 3.8) is 0 Å². The quantitative estimate of drug-likeness (QED) is 0.374. The number of aromatic nitrogens is 2. The number of benzene rings is 2. The molecule has 0 saturated carbocycles. The van der Waals surface area contributed by atoms with Gasteiger partial charge < -0.3 is 10.1 Å². The normalized spacial score (nSPS) is 10.4. The van der Waals surface area contributed by atoms with Crippen LogP contribution in [-0.4, -0.2) is 33.2 Å². The summed E-state index contributed by atoms with van der Waals surface area (Å²) in [5, 5.41) is 17.4. The van der Waals surface area contributed by atoms with Crippen molar-refractivity contribution in [3.8, 4) is 5.69 Å². The number of hydrogen-bond acceptors (Lipinski definition) is 6. The average Bonchev–Trinajstić information content (AvgIpc) is 3.09. The second-order valence-corrected chi connectivity index (χ2v) is 6.35. The molecular formula is C19H15ClN4O5. The fourth-order valence-corrected chi connectivity index (χ4v) is 2.76. The maximum atomic E-state index is 12.3. The minimum Gasteiger partial charge on any atom is -0.452 e. The van der Waals surface area contributed by atoms with Crippen LogP contribution in [0.5, 0.6) is 0 Å². The third kappa shape index (κ3) is 4.58. The van der Waals surface area contributed by atoms with E-state index in [1.807, 2.05) is 30.3 Å². The van der Waals surface area contributed by atoms with Crippen molar-refractivity contribution in [3.05, 3.63) is 81.1 Å². The van der Waals surface area contributed by atoms with E-state index >= 15 is 0 Å². The number of hydrogen-bond donors (Lipinski definition) is 1. The molecule has 2 aromatic carbocycles. The van der Waals surface area contributed by atoms with Crippen molar-refractivity contribution in [2.45, 2.75) is 6.92 Å². The number of ether oxygens (including phenoxy) is 1. The second-order valence-electron chi connectivity index (χ2n) is 5.94. The largest absolute Gasteiger partial charge is 0.452 e. The van der Waals surface area contributed by atoms with E-state index in [-0.39, 0.29) is 22.0 Å². The van der Waals surface area contributed by atoms with Gasteiger partial charge in [-0.15, -0.1) is 0 Å². The number of halogens is 1. The number of anilines is 1. The summed E-state index contributed by atoms with van der Waals surface area (Å²) in [6.07, 6.45) is 1.37. The molecule has 0 atom stereocenters. The molecule has 0 aliphatic rings. The number of carbonyl (C=O) groups excluding carboxylic acids is 2. The number of nitrogens with one attached hydrogen (secondary N) is 1. The van der Waals surface area contributed by atoms with Crippen molar-refractivity contribution < 1.29 is 19.2 Å². The molecule has 0 radical (unpaired) electrons. The highest BCUT2D eigenvalue weighted by Gasteiger charge is 2.18. The summed E-state index contributed by atoms with van der Waals surface area (Å²) in [4.78, 5) is 34.5. The topological polar surface area (TPSA) is 116 Å². The Kier molecular flexibility index (Phi) is 5.89. The lowest BCUT2D eigenvalue weighted by Crippen LogP contribution is -2.21. The van der Waals surface area contributed by atoms with Crippen LogP contribution >= 0.6 is 11.6 Å². The fourth-order valence-electron chi connectivity index (χ4n) is 2.58. The van der Waals surface area contributed by atoms with Gasteiger partial charge in [0, 0.05) is 11.8 Å². The second kappa shape index (κ2) is 8.53. The van der Waals surface area contributed by atoms with Gasteiger partial charge in [-0.2, -0.15) is 5.10 Å². The van der Waals surface area contributed by atoms with Crippen molar-refractivity contribution >= 4 is 34.9 Å². The summed E-state index contributed by atoms with van der Waals surface area (Å²) < 4.78 is 6.62. The van der Waals surface area contributed by atoms with Gasteiger partial charge in [-0.1, -0.05) is 29.8 Å². The molecule has 0 unspecified atom stereocenters. The van der Waals surface area contributed by atoms with Crippen molar-refractivity contribution in [1.29, 1.82) is 0 Å². The van der Waals surface area contributed by atoms with Gasteiger partial charge in [-0.3, -0.25) is 14.9 Å². The van der Waals surface area contributed by atoms with Crippen LogP contribution in [0.4, 0.5) is 11.4 Å². The molecular weight excluding hydrogens is 400 g/mol. The molecule has 1 amide bonds. The lowest BCUT2D eigenvalue weighted by molar-refractivity contribution is -0.384. The minimum atomic E-state index is -0.707. The zero-order valence-corrected chi connectivity index (χ0v) is 15.9. The Morgan fingerprint density at radius 2 is 1.97 bits per heavy atom. The van der Waals surface area contributed by atoms with Gasteiger partial charge in [0.1, 0.15) is 10.6 Å². The Bertz CT molecular complexity index is 1080. The van der Waals surface area contributed by atoms with Crippen LogP contribution in [0.1, 0.15) is 16.1 Å². The predicted octanol–water partition coefficient (Wildman–Crippen LogP) is 3.54. The summed E-state index contributed by atoms with van der Waals surface area (Å²) in [5.41, 5.74) is 1.39.